The first-order valence-electron chi connectivity index (χ1n) is 5.27. The minimum Gasteiger partial charge on any atom is -0.382 e. The van der Waals surface area contributed by atoms with Gasteiger partial charge in [-0.1, -0.05) is 0 Å². The van der Waals surface area contributed by atoms with E-state index in [0.29, 0.717) is 6.61 Å². The van der Waals surface area contributed by atoms with Crippen LogP contribution in [0.5, 0.6) is 0 Å². The first-order chi connectivity index (χ1) is 7.46. The summed E-state index contributed by atoms with van der Waals surface area (Å²) in [4.78, 5) is 8.57. The zero-order valence-corrected chi connectivity index (χ0v) is 10.6. The van der Waals surface area contributed by atoms with Crippen LogP contribution in [-0.4, -0.2) is 36.3 Å². The van der Waals surface area contributed by atoms with Gasteiger partial charge in [0.2, 0.25) is 0 Å². The molecule has 5 nitrogen and oxygen atoms in total. The topological polar surface area (TPSA) is 59.1 Å². The molecule has 16 heavy (non-hydrogen) atoms. The third-order valence-corrected chi connectivity index (χ3v) is 2.07. The molecule has 0 aliphatic rings. The summed E-state index contributed by atoms with van der Waals surface area (Å²) >= 11 is 0. The van der Waals surface area contributed by atoms with E-state index in [9.17, 15) is 0 Å². The van der Waals surface area contributed by atoms with Gasteiger partial charge in [0.25, 0.3) is 0 Å². The second-order valence-corrected chi connectivity index (χ2v) is 4.38. The molecular weight excluding hydrogens is 204 g/mol. The van der Waals surface area contributed by atoms with E-state index in [4.69, 9.17) is 4.74 Å². The maximum Gasteiger partial charge on any atom is 0.132 e. The molecule has 2 N–H and O–H groups in total. The lowest BCUT2D eigenvalue weighted by Crippen LogP contribution is -2.36. The number of aryl methyl sites for hydroxylation is 1. The third kappa shape index (κ3) is 3.66. The summed E-state index contributed by atoms with van der Waals surface area (Å²) in [6.45, 7) is 6.61. The normalized spacial score (nSPS) is 11.3. The van der Waals surface area contributed by atoms with E-state index in [1.54, 1.807) is 7.11 Å². The molecule has 1 rings (SSSR count). The van der Waals surface area contributed by atoms with Gasteiger partial charge < -0.3 is 15.4 Å². The predicted octanol–water partition coefficient (Wildman–Crippen LogP) is 1.66. The molecule has 5 heteroatoms. The summed E-state index contributed by atoms with van der Waals surface area (Å²) in [5.41, 5.74) is -0.152. The van der Waals surface area contributed by atoms with Crippen molar-refractivity contribution in [3.05, 3.63) is 11.9 Å². The van der Waals surface area contributed by atoms with Crippen molar-refractivity contribution < 1.29 is 4.74 Å². The number of ether oxygens (including phenoxy) is 1. The highest BCUT2D eigenvalue weighted by atomic mass is 16.5. The molecule has 0 saturated heterocycles. The fraction of sp³-hybridized carbons (Fsp3) is 0.636. The molecule has 0 amide bonds. The number of anilines is 2. The van der Waals surface area contributed by atoms with E-state index in [0.717, 1.165) is 17.5 Å². The second kappa shape index (κ2) is 5.12. The average Bonchev–Trinajstić information content (AvgIpc) is 2.15. The van der Waals surface area contributed by atoms with Crippen molar-refractivity contribution in [3.8, 4) is 0 Å². The number of methoxy groups -OCH3 is 1. The van der Waals surface area contributed by atoms with Gasteiger partial charge >= 0.3 is 0 Å². The Morgan fingerprint density at radius 1 is 1.31 bits per heavy atom. The largest absolute Gasteiger partial charge is 0.382 e. The van der Waals surface area contributed by atoms with Gasteiger partial charge in [0.15, 0.2) is 0 Å². The van der Waals surface area contributed by atoms with Gasteiger partial charge in [-0.05, 0) is 20.8 Å². The average molecular weight is 224 g/mol. The molecule has 0 aliphatic heterocycles. The third-order valence-electron chi connectivity index (χ3n) is 2.07. The smallest absolute Gasteiger partial charge is 0.132 e. The first kappa shape index (κ1) is 12.7. The maximum atomic E-state index is 5.14. The lowest BCUT2D eigenvalue weighted by molar-refractivity contribution is 0.158. The highest BCUT2D eigenvalue weighted by molar-refractivity contribution is 5.48. The zero-order chi connectivity index (χ0) is 12.2. The standard InChI is InChI=1S/C11H20N4O/c1-8-13-9(12-4)6-10(14-8)15-11(2,3)7-16-5/h6H,7H2,1-5H3,(H2,12,13,14,15). The van der Waals surface area contributed by atoms with Gasteiger partial charge in [0, 0.05) is 20.2 Å². The van der Waals surface area contributed by atoms with E-state index in [1.165, 1.54) is 0 Å². The van der Waals surface area contributed by atoms with Crippen LogP contribution in [0.25, 0.3) is 0 Å². The van der Waals surface area contributed by atoms with Gasteiger partial charge in [-0.25, -0.2) is 9.97 Å². The summed E-state index contributed by atoms with van der Waals surface area (Å²) in [5, 5.41) is 6.32. The number of hydrogen-bond donors (Lipinski definition) is 2. The molecule has 0 spiro atoms. The molecule has 0 unspecified atom stereocenters. The van der Waals surface area contributed by atoms with Crippen molar-refractivity contribution in [3.63, 3.8) is 0 Å². The van der Waals surface area contributed by atoms with E-state index in [1.807, 2.05) is 20.0 Å². The molecule has 1 heterocycles. The molecule has 0 bridgehead atoms. The Labute approximate surface area is 96.6 Å². The summed E-state index contributed by atoms with van der Waals surface area (Å²) in [5.74, 6) is 2.35. The Balaban J connectivity index is 2.84. The minimum absolute atomic E-state index is 0.152. The second-order valence-electron chi connectivity index (χ2n) is 4.38. The summed E-state index contributed by atoms with van der Waals surface area (Å²) in [6.07, 6.45) is 0. The van der Waals surface area contributed by atoms with Crippen molar-refractivity contribution in [1.82, 2.24) is 9.97 Å². The lowest BCUT2D eigenvalue weighted by Gasteiger charge is -2.26. The van der Waals surface area contributed by atoms with Gasteiger partial charge in [-0.2, -0.15) is 0 Å². The van der Waals surface area contributed by atoms with E-state index >= 15 is 0 Å². The monoisotopic (exact) mass is 224 g/mol. The Morgan fingerprint density at radius 3 is 2.50 bits per heavy atom. The lowest BCUT2D eigenvalue weighted by atomic mass is 10.1. The van der Waals surface area contributed by atoms with Crippen molar-refractivity contribution in [1.29, 1.82) is 0 Å². The zero-order valence-electron chi connectivity index (χ0n) is 10.6. The number of nitrogens with zero attached hydrogens (tertiary/aromatic N) is 2. The number of hydrogen-bond acceptors (Lipinski definition) is 5. The Bertz CT molecular complexity index is 352. The summed E-state index contributed by atoms with van der Waals surface area (Å²) < 4.78 is 5.14. The molecule has 0 aromatic carbocycles. The number of nitrogens with one attached hydrogen (secondary N) is 2. The van der Waals surface area contributed by atoms with Crippen molar-refractivity contribution in [2.75, 3.05) is 31.4 Å². The van der Waals surface area contributed by atoms with Crippen LogP contribution in [0, 0.1) is 6.92 Å². The molecule has 0 atom stereocenters. The van der Waals surface area contributed by atoms with Gasteiger partial charge in [-0.3, -0.25) is 0 Å². The summed E-state index contributed by atoms with van der Waals surface area (Å²) in [6, 6.07) is 1.88. The number of aromatic nitrogens is 2. The predicted molar refractivity (Wildman–Crippen MR) is 65.9 cm³/mol. The highest BCUT2D eigenvalue weighted by Gasteiger charge is 2.18. The van der Waals surface area contributed by atoms with Crippen LogP contribution in [0.4, 0.5) is 11.6 Å². The fourth-order valence-corrected chi connectivity index (χ4v) is 1.50. The minimum atomic E-state index is -0.152. The van der Waals surface area contributed by atoms with E-state index in [2.05, 4.69) is 34.4 Å². The Kier molecular flexibility index (Phi) is 4.06. The Hall–Kier alpha value is -1.36. The van der Waals surface area contributed by atoms with Crippen LogP contribution >= 0.6 is 0 Å². The van der Waals surface area contributed by atoms with E-state index < -0.39 is 0 Å². The van der Waals surface area contributed by atoms with Crippen molar-refractivity contribution in [2.45, 2.75) is 26.3 Å². The van der Waals surface area contributed by atoms with Crippen LogP contribution in [-0.2, 0) is 4.74 Å². The van der Waals surface area contributed by atoms with Crippen LogP contribution in [0.2, 0.25) is 0 Å². The molecular formula is C11H20N4O. The molecule has 0 fully saturated rings. The van der Waals surface area contributed by atoms with Crippen LogP contribution < -0.4 is 10.6 Å². The first-order valence-corrected chi connectivity index (χ1v) is 5.27. The fourth-order valence-electron chi connectivity index (χ4n) is 1.50. The summed E-state index contributed by atoms with van der Waals surface area (Å²) in [7, 11) is 3.53. The van der Waals surface area contributed by atoms with E-state index in [-0.39, 0.29) is 5.54 Å². The molecule has 0 radical (unpaired) electrons. The molecule has 1 aromatic rings. The number of rotatable bonds is 5. The quantitative estimate of drug-likeness (QED) is 0.796. The van der Waals surface area contributed by atoms with Gasteiger partial charge in [0.05, 0.1) is 12.1 Å². The molecule has 0 saturated carbocycles. The highest BCUT2D eigenvalue weighted by Crippen LogP contribution is 2.16. The van der Waals surface area contributed by atoms with Crippen molar-refractivity contribution in [2.24, 2.45) is 0 Å². The molecule has 1 aromatic heterocycles. The van der Waals surface area contributed by atoms with Crippen LogP contribution in [0.3, 0.4) is 0 Å². The van der Waals surface area contributed by atoms with Gasteiger partial charge in [0.1, 0.15) is 17.5 Å². The van der Waals surface area contributed by atoms with Crippen LogP contribution in [0.15, 0.2) is 6.07 Å². The molecule has 90 valence electrons. The van der Waals surface area contributed by atoms with Gasteiger partial charge in [-0.15, -0.1) is 0 Å². The van der Waals surface area contributed by atoms with Crippen molar-refractivity contribution >= 4 is 11.6 Å². The molecule has 0 aliphatic carbocycles. The Morgan fingerprint density at radius 2 is 1.94 bits per heavy atom. The SMILES string of the molecule is CNc1cc(NC(C)(C)COC)nc(C)n1. The maximum absolute atomic E-state index is 5.14. The van der Waals surface area contributed by atoms with Crippen LogP contribution in [0.1, 0.15) is 19.7 Å².